The zero-order valence-electron chi connectivity index (χ0n) is 7.90. The third-order valence-corrected chi connectivity index (χ3v) is 1.98. The molecule has 4 nitrogen and oxygen atoms in total. The van der Waals surface area contributed by atoms with E-state index in [1.807, 2.05) is 0 Å². The van der Waals surface area contributed by atoms with Gasteiger partial charge in [0.25, 0.3) is 0 Å². The Kier molecular flexibility index (Phi) is 2.71. The van der Waals surface area contributed by atoms with Crippen molar-refractivity contribution in [2.75, 3.05) is 13.2 Å². The lowest BCUT2D eigenvalue weighted by Gasteiger charge is -2.09. The molecular weight excluding hydrogens is 201 g/mol. The van der Waals surface area contributed by atoms with Gasteiger partial charge in [-0.25, -0.2) is 9.18 Å². The highest BCUT2D eigenvalue weighted by atomic mass is 19.1. The lowest BCUT2D eigenvalue weighted by molar-refractivity contribution is 0.174. The van der Waals surface area contributed by atoms with Crippen LogP contribution in [0.2, 0.25) is 0 Å². The van der Waals surface area contributed by atoms with Gasteiger partial charge in [0.1, 0.15) is 30.8 Å². The van der Waals surface area contributed by atoms with Crippen molar-refractivity contribution in [2.45, 2.75) is 6.04 Å². The summed E-state index contributed by atoms with van der Waals surface area (Å²) in [7, 11) is 0. The maximum absolute atomic E-state index is 12.8. The summed E-state index contributed by atoms with van der Waals surface area (Å²) in [6.45, 7) is 0.559. The number of ether oxygens (including phenoxy) is 2. The van der Waals surface area contributed by atoms with E-state index in [0.29, 0.717) is 5.75 Å². The van der Waals surface area contributed by atoms with Gasteiger partial charge in [-0.15, -0.1) is 0 Å². The van der Waals surface area contributed by atoms with Crippen LogP contribution in [0.25, 0.3) is 0 Å². The number of hydrogen-bond donors (Lipinski definition) is 1. The number of nitrogens with one attached hydrogen (secondary N) is 1. The molecule has 1 heterocycles. The average Bonchev–Trinajstić information content (AvgIpc) is 2.62. The van der Waals surface area contributed by atoms with Gasteiger partial charge in [0.15, 0.2) is 0 Å². The second kappa shape index (κ2) is 4.16. The van der Waals surface area contributed by atoms with Gasteiger partial charge in [-0.1, -0.05) is 6.07 Å². The number of benzene rings is 1. The maximum Gasteiger partial charge on any atom is 0.407 e. The number of alkyl carbamates (subject to hydrolysis) is 1. The van der Waals surface area contributed by atoms with Gasteiger partial charge in [0.05, 0.1) is 0 Å². The highest BCUT2D eigenvalue weighted by Crippen LogP contribution is 2.12. The fourth-order valence-corrected chi connectivity index (χ4v) is 1.27. The highest BCUT2D eigenvalue weighted by Gasteiger charge is 2.22. The number of cyclic esters (lactones) is 1. The van der Waals surface area contributed by atoms with Crippen LogP contribution < -0.4 is 10.1 Å². The second-order valence-corrected chi connectivity index (χ2v) is 3.21. The fourth-order valence-electron chi connectivity index (χ4n) is 1.27. The molecule has 0 aromatic heterocycles. The van der Waals surface area contributed by atoms with Crippen molar-refractivity contribution in [3.05, 3.63) is 30.1 Å². The molecule has 1 saturated heterocycles. The SMILES string of the molecule is O=C1N[C@H](COc2cccc(F)c2)CO1. The van der Waals surface area contributed by atoms with Crippen LogP contribution in [-0.4, -0.2) is 25.3 Å². The lowest BCUT2D eigenvalue weighted by Crippen LogP contribution is -2.32. The molecule has 15 heavy (non-hydrogen) atoms. The Hall–Kier alpha value is -1.78. The monoisotopic (exact) mass is 211 g/mol. The standard InChI is InChI=1S/C10H10FNO3/c11-7-2-1-3-9(4-7)14-5-8-6-15-10(13)12-8/h1-4,8H,5-6H2,(H,12,13)/t8-/m1/s1. The third-order valence-electron chi connectivity index (χ3n) is 1.98. The zero-order chi connectivity index (χ0) is 10.7. The number of halogens is 1. The summed E-state index contributed by atoms with van der Waals surface area (Å²) >= 11 is 0. The summed E-state index contributed by atoms with van der Waals surface area (Å²) in [5.74, 6) is 0.0929. The summed E-state index contributed by atoms with van der Waals surface area (Å²) < 4.78 is 22.7. The van der Waals surface area contributed by atoms with Gasteiger partial charge >= 0.3 is 6.09 Å². The Labute approximate surface area is 86.0 Å². The molecule has 1 atom stereocenters. The van der Waals surface area contributed by atoms with Crippen LogP contribution in [-0.2, 0) is 4.74 Å². The minimum Gasteiger partial charge on any atom is -0.491 e. The summed E-state index contributed by atoms with van der Waals surface area (Å²) in [5, 5.41) is 2.56. The topological polar surface area (TPSA) is 47.6 Å². The van der Waals surface area contributed by atoms with E-state index < -0.39 is 6.09 Å². The molecule has 0 saturated carbocycles. The summed E-state index contributed by atoms with van der Waals surface area (Å²) in [5.41, 5.74) is 0. The van der Waals surface area contributed by atoms with E-state index in [9.17, 15) is 9.18 Å². The Morgan fingerprint density at radius 3 is 3.13 bits per heavy atom. The molecule has 5 heteroatoms. The van der Waals surface area contributed by atoms with E-state index in [4.69, 9.17) is 4.74 Å². The molecule has 0 bridgehead atoms. The predicted octanol–water partition coefficient (Wildman–Crippen LogP) is 1.31. The second-order valence-electron chi connectivity index (χ2n) is 3.21. The predicted molar refractivity (Wildman–Crippen MR) is 50.2 cm³/mol. The molecule has 1 aliphatic rings. The van der Waals surface area contributed by atoms with Gasteiger partial charge in [0, 0.05) is 6.07 Å². The van der Waals surface area contributed by atoms with Gasteiger partial charge in [-0.05, 0) is 12.1 Å². The Morgan fingerprint density at radius 2 is 2.47 bits per heavy atom. The molecule has 1 aromatic carbocycles. The Morgan fingerprint density at radius 1 is 1.60 bits per heavy atom. The fraction of sp³-hybridized carbons (Fsp3) is 0.300. The minimum absolute atomic E-state index is 0.166. The van der Waals surface area contributed by atoms with Crippen LogP contribution >= 0.6 is 0 Å². The average molecular weight is 211 g/mol. The first kappa shape index (κ1) is 9.76. The number of carbonyl (C=O) groups is 1. The van der Waals surface area contributed by atoms with Crippen LogP contribution in [0.1, 0.15) is 0 Å². The van der Waals surface area contributed by atoms with Gasteiger partial charge in [-0.2, -0.15) is 0 Å². The maximum atomic E-state index is 12.8. The van der Waals surface area contributed by atoms with Crippen LogP contribution in [0.5, 0.6) is 5.75 Å². The first-order valence-corrected chi connectivity index (χ1v) is 4.56. The van der Waals surface area contributed by atoms with Crippen LogP contribution in [0.15, 0.2) is 24.3 Å². The first-order valence-electron chi connectivity index (χ1n) is 4.56. The molecule has 1 aliphatic heterocycles. The normalized spacial score (nSPS) is 19.5. The quantitative estimate of drug-likeness (QED) is 0.820. The van der Waals surface area contributed by atoms with E-state index in [-0.39, 0.29) is 25.1 Å². The van der Waals surface area contributed by atoms with Crippen LogP contribution in [0.3, 0.4) is 0 Å². The third kappa shape index (κ3) is 2.59. The summed E-state index contributed by atoms with van der Waals surface area (Å²) in [6.07, 6.45) is -0.442. The number of amides is 1. The zero-order valence-corrected chi connectivity index (χ0v) is 7.90. The smallest absolute Gasteiger partial charge is 0.407 e. The number of carbonyl (C=O) groups excluding carboxylic acids is 1. The van der Waals surface area contributed by atoms with Crippen molar-refractivity contribution in [3.8, 4) is 5.75 Å². The molecule has 1 N–H and O–H groups in total. The molecule has 1 fully saturated rings. The summed E-state index contributed by atoms with van der Waals surface area (Å²) in [4.78, 5) is 10.7. The molecule has 80 valence electrons. The first-order chi connectivity index (χ1) is 7.24. The van der Waals surface area contributed by atoms with E-state index >= 15 is 0 Å². The van der Waals surface area contributed by atoms with Crippen molar-refractivity contribution >= 4 is 6.09 Å². The molecule has 0 radical (unpaired) electrons. The number of hydrogen-bond acceptors (Lipinski definition) is 3. The Balaban J connectivity index is 1.85. The molecule has 2 rings (SSSR count). The van der Waals surface area contributed by atoms with E-state index in [1.165, 1.54) is 12.1 Å². The van der Waals surface area contributed by atoms with E-state index in [1.54, 1.807) is 12.1 Å². The lowest BCUT2D eigenvalue weighted by atomic mass is 10.3. The van der Waals surface area contributed by atoms with Gasteiger partial charge in [-0.3, -0.25) is 0 Å². The Bertz CT molecular complexity index is 369. The van der Waals surface area contributed by atoms with Crippen molar-refractivity contribution in [1.29, 1.82) is 0 Å². The molecule has 0 aliphatic carbocycles. The van der Waals surface area contributed by atoms with Crippen molar-refractivity contribution in [1.82, 2.24) is 5.32 Å². The van der Waals surface area contributed by atoms with Crippen molar-refractivity contribution < 1.29 is 18.7 Å². The largest absolute Gasteiger partial charge is 0.491 e. The molecular formula is C10H10FNO3. The molecule has 1 aromatic rings. The molecule has 0 unspecified atom stereocenters. The minimum atomic E-state index is -0.442. The highest BCUT2D eigenvalue weighted by molar-refractivity contribution is 5.69. The van der Waals surface area contributed by atoms with Gasteiger partial charge in [0.2, 0.25) is 0 Å². The van der Waals surface area contributed by atoms with Crippen molar-refractivity contribution in [3.63, 3.8) is 0 Å². The van der Waals surface area contributed by atoms with Gasteiger partial charge < -0.3 is 14.8 Å². The molecule has 0 spiro atoms. The van der Waals surface area contributed by atoms with Crippen LogP contribution in [0.4, 0.5) is 9.18 Å². The van der Waals surface area contributed by atoms with Crippen molar-refractivity contribution in [2.24, 2.45) is 0 Å². The van der Waals surface area contributed by atoms with Crippen LogP contribution in [0, 0.1) is 5.82 Å². The van der Waals surface area contributed by atoms with E-state index in [2.05, 4.69) is 10.1 Å². The number of rotatable bonds is 3. The van der Waals surface area contributed by atoms with E-state index in [0.717, 1.165) is 0 Å². The summed E-state index contributed by atoms with van der Waals surface area (Å²) in [6, 6.07) is 5.68. The molecule has 1 amide bonds.